The van der Waals surface area contributed by atoms with Crippen molar-refractivity contribution < 1.29 is 9.90 Å². The molecule has 1 heterocycles. The maximum atomic E-state index is 10.2. The first-order valence-electron chi connectivity index (χ1n) is 6.89. The van der Waals surface area contributed by atoms with E-state index in [0.29, 0.717) is 25.4 Å². The third kappa shape index (κ3) is 4.65. The van der Waals surface area contributed by atoms with Crippen molar-refractivity contribution in [3.63, 3.8) is 0 Å². The number of aliphatic hydroxyl groups excluding tert-OH is 1. The lowest BCUT2D eigenvalue weighted by atomic mass is 9.96. The monoisotopic (exact) mass is 262 g/mol. The molecule has 0 fully saturated rings. The lowest BCUT2D eigenvalue weighted by molar-refractivity contribution is -0.110. The van der Waals surface area contributed by atoms with Gasteiger partial charge < -0.3 is 10.4 Å². The summed E-state index contributed by atoms with van der Waals surface area (Å²) in [5.41, 5.74) is 1.37. The van der Waals surface area contributed by atoms with Crippen molar-refractivity contribution >= 4 is 6.41 Å². The van der Waals surface area contributed by atoms with Gasteiger partial charge in [-0.25, -0.2) is 0 Å². The number of β-amino-alcohol motifs (C(OH)–C–C–N with tert-alkyl or cyclic N) is 1. The number of carbonyl (C=O) groups excluding carboxylic acids is 1. The van der Waals surface area contributed by atoms with Crippen LogP contribution in [-0.4, -0.2) is 48.7 Å². The van der Waals surface area contributed by atoms with Gasteiger partial charge in [-0.3, -0.25) is 9.69 Å². The van der Waals surface area contributed by atoms with Crippen molar-refractivity contribution in [1.29, 1.82) is 0 Å². The molecule has 19 heavy (non-hydrogen) atoms. The molecule has 104 valence electrons. The zero-order valence-corrected chi connectivity index (χ0v) is 11.2. The lowest BCUT2D eigenvalue weighted by Crippen LogP contribution is -2.41. The van der Waals surface area contributed by atoms with Gasteiger partial charge in [-0.1, -0.05) is 36.0 Å². The summed E-state index contributed by atoms with van der Waals surface area (Å²) in [5.74, 6) is 0.506. The topological polar surface area (TPSA) is 52.6 Å². The normalized spacial score (nSPS) is 31.0. The molecule has 1 aliphatic heterocycles. The van der Waals surface area contributed by atoms with Crippen LogP contribution in [0.5, 0.6) is 0 Å². The third-order valence-electron chi connectivity index (χ3n) is 3.60. The number of amides is 1. The van der Waals surface area contributed by atoms with Crippen molar-refractivity contribution in [1.82, 2.24) is 10.2 Å². The SMILES string of the molecule is O=CNC[C@H](O)CN1CCC2=C\C[C@H](\C=C/C=C\2)C1. The number of allylic oxidation sites excluding steroid dienone is 4. The summed E-state index contributed by atoms with van der Waals surface area (Å²) >= 11 is 0. The first-order chi connectivity index (χ1) is 9.28. The second kappa shape index (κ2) is 7.26. The zero-order valence-electron chi connectivity index (χ0n) is 11.2. The van der Waals surface area contributed by atoms with E-state index >= 15 is 0 Å². The summed E-state index contributed by atoms with van der Waals surface area (Å²) in [5, 5.41) is 12.4. The van der Waals surface area contributed by atoms with Gasteiger partial charge in [0.1, 0.15) is 0 Å². The molecule has 1 aliphatic carbocycles. The van der Waals surface area contributed by atoms with Crippen molar-refractivity contribution in [2.75, 3.05) is 26.2 Å². The van der Waals surface area contributed by atoms with Gasteiger partial charge in [0.2, 0.25) is 6.41 Å². The van der Waals surface area contributed by atoms with E-state index in [4.69, 9.17) is 0 Å². The molecule has 0 aromatic heterocycles. The van der Waals surface area contributed by atoms with E-state index in [2.05, 4.69) is 40.6 Å². The number of hydrogen-bond acceptors (Lipinski definition) is 3. The minimum Gasteiger partial charge on any atom is -0.390 e. The standard InChI is InChI=1S/C15H22N2O2/c18-12-16-9-15(19)11-17-8-7-13-3-1-2-4-14(10-17)6-5-13/h1-5,12,14-15,19H,6-11H2,(H,16,18)/b3-1-,4-2-,13-5-/t14-,15-/m0/s1. The molecule has 0 saturated heterocycles. The second-order valence-electron chi connectivity index (χ2n) is 5.21. The molecule has 0 aromatic carbocycles. The summed E-state index contributed by atoms with van der Waals surface area (Å²) in [6, 6.07) is 0. The summed E-state index contributed by atoms with van der Waals surface area (Å²) in [7, 11) is 0. The Bertz CT molecular complexity index is 388. The third-order valence-corrected chi connectivity index (χ3v) is 3.60. The molecular formula is C15H22N2O2. The molecule has 2 N–H and O–H groups in total. The van der Waals surface area contributed by atoms with E-state index in [0.717, 1.165) is 25.9 Å². The fraction of sp³-hybridized carbons (Fsp3) is 0.533. The van der Waals surface area contributed by atoms with Gasteiger partial charge in [0.05, 0.1) is 6.10 Å². The number of aliphatic hydroxyl groups is 1. The number of nitrogens with zero attached hydrogens (tertiary/aromatic N) is 1. The molecule has 4 heteroatoms. The van der Waals surface area contributed by atoms with Crippen LogP contribution in [0.15, 0.2) is 36.0 Å². The highest BCUT2D eigenvalue weighted by Crippen LogP contribution is 2.20. The summed E-state index contributed by atoms with van der Waals surface area (Å²) < 4.78 is 0. The van der Waals surface area contributed by atoms with Crippen molar-refractivity contribution in [2.24, 2.45) is 5.92 Å². The summed E-state index contributed by atoms with van der Waals surface area (Å²) in [6.45, 7) is 2.86. The van der Waals surface area contributed by atoms with Gasteiger partial charge in [0.15, 0.2) is 0 Å². The summed E-state index contributed by atoms with van der Waals surface area (Å²) in [4.78, 5) is 12.5. The van der Waals surface area contributed by atoms with Gasteiger partial charge >= 0.3 is 0 Å². The van der Waals surface area contributed by atoms with Gasteiger partial charge in [-0.2, -0.15) is 0 Å². The smallest absolute Gasteiger partial charge is 0.207 e. The molecule has 0 unspecified atom stereocenters. The Morgan fingerprint density at radius 3 is 3.26 bits per heavy atom. The average molecular weight is 262 g/mol. The van der Waals surface area contributed by atoms with Crippen LogP contribution >= 0.6 is 0 Å². The Kier molecular flexibility index (Phi) is 5.36. The van der Waals surface area contributed by atoms with Crippen LogP contribution in [0.4, 0.5) is 0 Å². The number of rotatable bonds is 5. The van der Waals surface area contributed by atoms with Crippen LogP contribution in [-0.2, 0) is 4.79 Å². The van der Waals surface area contributed by atoms with Crippen LogP contribution in [0.2, 0.25) is 0 Å². The van der Waals surface area contributed by atoms with Gasteiger partial charge in [-0.15, -0.1) is 0 Å². The van der Waals surface area contributed by atoms with Crippen LogP contribution < -0.4 is 5.32 Å². The molecule has 2 aliphatic rings. The van der Waals surface area contributed by atoms with E-state index in [1.165, 1.54) is 5.57 Å². The molecule has 1 amide bonds. The number of hydrogen-bond donors (Lipinski definition) is 2. The fourth-order valence-corrected chi connectivity index (χ4v) is 2.59. The van der Waals surface area contributed by atoms with Crippen LogP contribution in [0.1, 0.15) is 12.8 Å². The fourth-order valence-electron chi connectivity index (χ4n) is 2.59. The Morgan fingerprint density at radius 1 is 1.53 bits per heavy atom. The molecule has 0 radical (unpaired) electrons. The van der Waals surface area contributed by atoms with Gasteiger partial charge in [0, 0.05) is 26.2 Å². The minimum atomic E-state index is -0.500. The molecule has 0 spiro atoms. The van der Waals surface area contributed by atoms with E-state index in [1.807, 2.05) is 0 Å². The molecule has 2 atom stereocenters. The first kappa shape index (κ1) is 14.0. The predicted molar refractivity (Wildman–Crippen MR) is 75.6 cm³/mol. The molecule has 2 rings (SSSR count). The maximum Gasteiger partial charge on any atom is 0.207 e. The summed E-state index contributed by atoms with van der Waals surface area (Å²) in [6.07, 6.45) is 13.2. The quantitative estimate of drug-likeness (QED) is 0.723. The van der Waals surface area contributed by atoms with Gasteiger partial charge in [0.25, 0.3) is 0 Å². The number of carbonyl (C=O) groups is 1. The Balaban J connectivity index is 1.93. The van der Waals surface area contributed by atoms with Crippen molar-refractivity contribution in [2.45, 2.75) is 18.9 Å². The number of nitrogens with one attached hydrogen (secondary N) is 1. The number of fused-ring (bicyclic) bond motifs is 2. The van der Waals surface area contributed by atoms with E-state index in [9.17, 15) is 9.90 Å². The zero-order chi connectivity index (χ0) is 13.5. The molecule has 0 saturated carbocycles. The molecule has 0 aromatic rings. The molecule has 2 bridgehead atoms. The lowest BCUT2D eigenvalue weighted by Gasteiger charge is -2.30. The van der Waals surface area contributed by atoms with Crippen molar-refractivity contribution in [3.05, 3.63) is 36.0 Å². The highest BCUT2D eigenvalue weighted by molar-refractivity contribution is 5.45. The first-order valence-corrected chi connectivity index (χ1v) is 6.89. The van der Waals surface area contributed by atoms with Crippen LogP contribution in [0, 0.1) is 5.92 Å². The van der Waals surface area contributed by atoms with Crippen molar-refractivity contribution in [3.8, 4) is 0 Å². The Morgan fingerprint density at radius 2 is 2.42 bits per heavy atom. The van der Waals surface area contributed by atoms with E-state index in [-0.39, 0.29) is 0 Å². The van der Waals surface area contributed by atoms with Gasteiger partial charge in [-0.05, 0) is 18.8 Å². The highest BCUT2D eigenvalue weighted by atomic mass is 16.3. The highest BCUT2D eigenvalue weighted by Gasteiger charge is 2.18. The Hall–Kier alpha value is -1.39. The average Bonchev–Trinajstić information content (AvgIpc) is 2.37. The molecule has 4 nitrogen and oxygen atoms in total. The van der Waals surface area contributed by atoms with E-state index < -0.39 is 6.10 Å². The predicted octanol–water partition coefficient (Wildman–Crippen LogP) is 0.858. The molecular weight excluding hydrogens is 240 g/mol. The van der Waals surface area contributed by atoms with Crippen LogP contribution in [0.25, 0.3) is 0 Å². The Labute approximate surface area is 114 Å². The largest absolute Gasteiger partial charge is 0.390 e. The second-order valence-corrected chi connectivity index (χ2v) is 5.21. The maximum absolute atomic E-state index is 10.2. The minimum absolute atomic E-state index is 0.323. The van der Waals surface area contributed by atoms with Crippen LogP contribution in [0.3, 0.4) is 0 Å². The van der Waals surface area contributed by atoms with E-state index in [1.54, 1.807) is 0 Å².